The highest BCUT2D eigenvalue weighted by molar-refractivity contribution is 6.31. The van der Waals surface area contributed by atoms with Crippen LogP contribution in [0.2, 0.25) is 5.02 Å². The fourth-order valence-corrected chi connectivity index (χ4v) is 3.90. The van der Waals surface area contributed by atoms with E-state index in [1.54, 1.807) is 0 Å². The Balaban J connectivity index is 1.87. The summed E-state index contributed by atoms with van der Waals surface area (Å²) in [7, 11) is 0. The molecule has 2 aliphatic heterocycles. The predicted molar refractivity (Wildman–Crippen MR) is 98.0 cm³/mol. The predicted octanol–water partition coefficient (Wildman–Crippen LogP) is 3.56. The summed E-state index contributed by atoms with van der Waals surface area (Å²) in [6, 6.07) is 12.3. The largest absolute Gasteiger partial charge is 0.399 e. The van der Waals surface area contributed by atoms with Crippen molar-refractivity contribution in [1.82, 2.24) is 5.32 Å². The Labute approximate surface area is 141 Å². The molecule has 0 saturated carbocycles. The minimum absolute atomic E-state index is 0.0672. The number of anilines is 2. The van der Waals surface area contributed by atoms with Crippen molar-refractivity contribution in [1.29, 1.82) is 0 Å². The molecule has 3 nitrogen and oxygen atoms in total. The third-order valence-corrected chi connectivity index (χ3v) is 5.46. The van der Waals surface area contributed by atoms with Crippen LogP contribution in [-0.2, 0) is 5.54 Å². The minimum Gasteiger partial charge on any atom is -0.399 e. The van der Waals surface area contributed by atoms with Crippen molar-refractivity contribution in [3.05, 3.63) is 64.2 Å². The number of hydrogen-bond donors (Lipinski definition) is 2. The first kappa shape index (κ1) is 14.6. The smallest absolute Gasteiger partial charge is 0.0908 e. The zero-order valence-corrected chi connectivity index (χ0v) is 13.9. The molecule has 1 saturated heterocycles. The Bertz CT molecular complexity index is 793. The van der Waals surface area contributed by atoms with Crippen LogP contribution in [-0.4, -0.2) is 19.6 Å². The van der Waals surface area contributed by atoms with Crippen LogP contribution in [0.25, 0.3) is 6.08 Å². The highest BCUT2D eigenvalue weighted by Gasteiger charge is 2.46. The molecule has 0 radical (unpaired) electrons. The lowest BCUT2D eigenvalue weighted by Crippen LogP contribution is -2.67. The van der Waals surface area contributed by atoms with Crippen molar-refractivity contribution in [2.75, 3.05) is 30.3 Å². The van der Waals surface area contributed by atoms with E-state index in [0.29, 0.717) is 0 Å². The average Bonchev–Trinajstić information content (AvgIpc) is 2.50. The monoisotopic (exact) mass is 325 g/mol. The van der Waals surface area contributed by atoms with E-state index in [1.807, 2.05) is 18.2 Å². The molecule has 1 fully saturated rings. The molecule has 0 unspecified atom stereocenters. The molecule has 0 spiro atoms. The topological polar surface area (TPSA) is 41.3 Å². The lowest BCUT2D eigenvalue weighted by Gasteiger charge is -2.53. The SMILES string of the molecule is Cc1c(Cl)cccc1C1(N2CC=Cc3ccc(N)cc32)CNC1. The van der Waals surface area contributed by atoms with Gasteiger partial charge in [0.15, 0.2) is 0 Å². The standard InChI is InChI=1S/C19H20ClN3/c1-13-16(5-2-6-17(13)20)19(11-22-12-19)23-9-3-4-14-7-8-15(21)10-18(14)23/h2-8,10,22H,9,11-12,21H2,1H3. The van der Waals surface area contributed by atoms with Gasteiger partial charge in [0, 0.05) is 36.0 Å². The number of benzene rings is 2. The fraction of sp³-hybridized carbons (Fsp3) is 0.263. The van der Waals surface area contributed by atoms with Gasteiger partial charge in [0.05, 0.1) is 5.54 Å². The minimum atomic E-state index is -0.0672. The lowest BCUT2D eigenvalue weighted by molar-refractivity contribution is 0.266. The van der Waals surface area contributed by atoms with Crippen molar-refractivity contribution < 1.29 is 0 Å². The third-order valence-electron chi connectivity index (χ3n) is 5.05. The summed E-state index contributed by atoms with van der Waals surface area (Å²) in [6.45, 7) is 4.81. The Morgan fingerprint density at radius 3 is 2.78 bits per heavy atom. The van der Waals surface area contributed by atoms with Crippen LogP contribution in [0.4, 0.5) is 11.4 Å². The Morgan fingerprint density at radius 1 is 1.22 bits per heavy atom. The molecule has 0 aromatic heterocycles. The maximum atomic E-state index is 6.39. The van der Waals surface area contributed by atoms with Crippen molar-refractivity contribution >= 4 is 29.1 Å². The van der Waals surface area contributed by atoms with Gasteiger partial charge >= 0.3 is 0 Å². The molecular weight excluding hydrogens is 306 g/mol. The molecule has 4 rings (SSSR count). The van der Waals surface area contributed by atoms with E-state index < -0.39 is 0 Å². The van der Waals surface area contributed by atoms with Gasteiger partial charge in [-0.05, 0) is 41.8 Å². The van der Waals surface area contributed by atoms with Crippen molar-refractivity contribution in [2.24, 2.45) is 0 Å². The maximum absolute atomic E-state index is 6.39. The van der Waals surface area contributed by atoms with Gasteiger partial charge in [-0.2, -0.15) is 0 Å². The number of hydrogen-bond acceptors (Lipinski definition) is 3. The lowest BCUT2D eigenvalue weighted by atomic mass is 9.79. The molecule has 2 aliphatic rings. The van der Waals surface area contributed by atoms with Gasteiger partial charge in [0.25, 0.3) is 0 Å². The van der Waals surface area contributed by atoms with Crippen molar-refractivity contribution in [3.8, 4) is 0 Å². The van der Waals surface area contributed by atoms with E-state index in [4.69, 9.17) is 17.3 Å². The van der Waals surface area contributed by atoms with E-state index in [2.05, 4.69) is 47.5 Å². The summed E-state index contributed by atoms with van der Waals surface area (Å²) >= 11 is 6.39. The van der Waals surface area contributed by atoms with Crippen molar-refractivity contribution in [3.63, 3.8) is 0 Å². The van der Waals surface area contributed by atoms with Crippen molar-refractivity contribution in [2.45, 2.75) is 12.5 Å². The molecule has 2 heterocycles. The number of rotatable bonds is 2. The Morgan fingerprint density at radius 2 is 2.04 bits per heavy atom. The molecule has 0 bridgehead atoms. The molecule has 3 N–H and O–H groups in total. The molecule has 0 amide bonds. The van der Waals surface area contributed by atoms with Crippen LogP contribution in [0.15, 0.2) is 42.5 Å². The highest BCUT2D eigenvalue weighted by Crippen LogP contribution is 2.42. The number of nitrogen functional groups attached to an aromatic ring is 1. The zero-order valence-electron chi connectivity index (χ0n) is 13.1. The second kappa shape index (κ2) is 5.29. The first-order valence-electron chi connectivity index (χ1n) is 7.92. The summed E-state index contributed by atoms with van der Waals surface area (Å²) in [5.41, 5.74) is 11.7. The fourth-order valence-electron chi connectivity index (χ4n) is 3.72. The molecule has 23 heavy (non-hydrogen) atoms. The zero-order chi connectivity index (χ0) is 16.0. The van der Waals surface area contributed by atoms with Gasteiger partial charge < -0.3 is 16.0 Å². The van der Waals surface area contributed by atoms with E-state index in [-0.39, 0.29) is 5.54 Å². The van der Waals surface area contributed by atoms with E-state index in [1.165, 1.54) is 16.8 Å². The van der Waals surface area contributed by atoms with Crippen LogP contribution in [0.1, 0.15) is 16.7 Å². The molecule has 2 aromatic rings. The first-order chi connectivity index (χ1) is 11.1. The summed E-state index contributed by atoms with van der Waals surface area (Å²) in [5, 5.41) is 4.28. The maximum Gasteiger partial charge on any atom is 0.0908 e. The van der Waals surface area contributed by atoms with Gasteiger partial charge in [-0.25, -0.2) is 0 Å². The molecule has 4 heteroatoms. The average molecular weight is 326 g/mol. The first-order valence-corrected chi connectivity index (χ1v) is 8.30. The van der Waals surface area contributed by atoms with Gasteiger partial charge in [-0.1, -0.05) is 42.0 Å². The van der Waals surface area contributed by atoms with Gasteiger partial charge in [-0.3, -0.25) is 0 Å². The number of halogens is 1. The van der Waals surface area contributed by atoms with E-state index in [9.17, 15) is 0 Å². The summed E-state index contributed by atoms with van der Waals surface area (Å²) < 4.78 is 0. The number of nitrogens with two attached hydrogens (primary N) is 1. The summed E-state index contributed by atoms with van der Waals surface area (Å²) in [4.78, 5) is 2.47. The summed E-state index contributed by atoms with van der Waals surface area (Å²) in [5.74, 6) is 0. The Kier molecular flexibility index (Phi) is 3.36. The Hall–Kier alpha value is -1.97. The van der Waals surface area contributed by atoms with Crippen LogP contribution < -0.4 is 16.0 Å². The van der Waals surface area contributed by atoms with E-state index >= 15 is 0 Å². The molecule has 0 aliphatic carbocycles. The third kappa shape index (κ3) is 2.15. The second-order valence-corrected chi connectivity index (χ2v) is 6.79. The summed E-state index contributed by atoms with van der Waals surface area (Å²) in [6.07, 6.45) is 4.40. The van der Waals surface area contributed by atoms with Gasteiger partial charge in [0.1, 0.15) is 0 Å². The van der Waals surface area contributed by atoms with Gasteiger partial charge in [0.2, 0.25) is 0 Å². The highest BCUT2D eigenvalue weighted by atomic mass is 35.5. The van der Waals surface area contributed by atoms with E-state index in [0.717, 1.165) is 35.9 Å². The molecule has 0 atom stereocenters. The number of nitrogens with zero attached hydrogens (tertiary/aromatic N) is 1. The van der Waals surface area contributed by atoms with Crippen LogP contribution in [0, 0.1) is 6.92 Å². The molecular formula is C19H20ClN3. The van der Waals surface area contributed by atoms with Crippen LogP contribution in [0.5, 0.6) is 0 Å². The second-order valence-electron chi connectivity index (χ2n) is 6.38. The number of fused-ring (bicyclic) bond motifs is 1. The normalized spacial score (nSPS) is 18.4. The van der Waals surface area contributed by atoms with Gasteiger partial charge in [-0.15, -0.1) is 0 Å². The van der Waals surface area contributed by atoms with Crippen LogP contribution in [0.3, 0.4) is 0 Å². The quantitative estimate of drug-likeness (QED) is 0.829. The molecule has 118 valence electrons. The van der Waals surface area contributed by atoms with Crippen LogP contribution >= 0.6 is 11.6 Å². The molecule has 2 aromatic carbocycles. The number of nitrogens with one attached hydrogen (secondary N) is 1.